The molecule has 1 aromatic carbocycles. The van der Waals surface area contributed by atoms with Gasteiger partial charge in [-0.25, -0.2) is 0 Å². The summed E-state index contributed by atoms with van der Waals surface area (Å²) in [5.74, 6) is 1.12. The molecular weight excluding hydrogens is 338 g/mol. The number of aromatic nitrogens is 1. The van der Waals surface area contributed by atoms with E-state index in [1.165, 1.54) is 18.4 Å². The molecule has 1 aromatic heterocycles. The number of pyridine rings is 1. The van der Waals surface area contributed by atoms with Crippen LogP contribution in [-0.2, 0) is 0 Å². The number of amides is 1. The summed E-state index contributed by atoms with van der Waals surface area (Å²) in [6.45, 7) is 2.69. The number of aliphatic hydroxyl groups is 1. The number of benzene rings is 1. The van der Waals surface area contributed by atoms with Crippen LogP contribution in [0.15, 0.2) is 54.9 Å². The highest BCUT2D eigenvalue weighted by molar-refractivity contribution is 5.95. The van der Waals surface area contributed by atoms with Gasteiger partial charge in [0.05, 0.1) is 12.1 Å². The summed E-state index contributed by atoms with van der Waals surface area (Å²) in [5.41, 5.74) is 1.95. The molecule has 5 nitrogen and oxygen atoms in total. The molecule has 1 aliphatic carbocycles. The van der Waals surface area contributed by atoms with E-state index in [4.69, 9.17) is 0 Å². The lowest BCUT2D eigenvalue weighted by atomic mass is 9.60. The summed E-state index contributed by atoms with van der Waals surface area (Å²) in [5, 5.41) is 10.1. The number of rotatable bonds is 5. The summed E-state index contributed by atoms with van der Waals surface area (Å²) in [7, 11) is 0. The molecule has 140 valence electrons. The van der Waals surface area contributed by atoms with Crippen molar-refractivity contribution in [3.05, 3.63) is 66.0 Å². The third-order valence-electron chi connectivity index (χ3n) is 6.58. The van der Waals surface area contributed by atoms with Gasteiger partial charge in [0.1, 0.15) is 0 Å². The van der Waals surface area contributed by atoms with Gasteiger partial charge in [0, 0.05) is 49.6 Å². The molecule has 0 unspecified atom stereocenters. The Labute approximate surface area is 159 Å². The van der Waals surface area contributed by atoms with Crippen LogP contribution in [0.2, 0.25) is 0 Å². The average Bonchev–Trinajstić information content (AvgIpc) is 3.49. The minimum absolute atomic E-state index is 0.0277. The van der Waals surface area contributed by atoms with Gasteiger partial charge in [-0.15, -0.1) is 0 Å². The van der Waals surface area contributed by atoms with E-state index in [0.29, 0.717) is 5.56 Å². The van der Waals surface area contributed by atoms with Gasteiger partial charge in [-0.2, -0.15) is 0 Å². The van der Waals surface area contributed by atoms with Gasteiger partial charge in [-0.05, 0) is 36.5 Å². The van der Waals surface area contributed by atoms with Gasteiger partial charge < -0.3 is 10.0 Å². The zero-order chi connectivity index (χ0) is 18.4. The number of carbonyl (C=O) groups is 1. The van der Waals surface area contributed by atoms with E-state index in [1.54, 1.807) is 24.5 Å². The van der Waals surface area contributed by atoms with Gasteiger partial charge in [0.15, 0.2) is 0 Å². The maximum atomic E-state index is 12.8. The van der Waals surface area contributed by atoms with Crippen molar-refractivity contribution in [2.24, 2.45) is 5.92 Å². The van der Waals surface area contributed by atoms with Crippen LogP contribution in [0, 0.1) is 5.92 Å². The third kappa shape index (κ3) is 2.68. The number of carbonyl (C=O) groups excluding carboxylic acids is 1. The Hall–Kier alpha value is -2.24. The molecule has 3 aliphatic rings. The monoisotopic (exact) mass is 363 g/mol. The molecule has 1 amide bonds. The highest BCUT2D eigenvalue weighted by Gasteiger charge is 2.66. The predicted octanol–water partition coefficient (Wildman–Crippen LogP) is 2.15. The number of likely N-dealkylation sites (tertiary alicyclic amines) is 2. The van der Waals surface area contributed by atoms with E-state index in [0.717, 1.165) is 25.6 Å². The zero-order valence-electron chi connectivity index (χ0n) is 15.4. The largest absolute Gasteiger partial charge is 0.395 e. The van der Waals surface area contributed by atoms with Crippen molar-refractivity contribution in [2.45, 2.75) is 30.3 Å². The molecule has 1 N–H and O–H groups in total. The van der Waals surface area contributed by atoms with Crippen molar-refractivity contribution < 1.29 is 9.90 Å². The van der Waals surface area contributed by atoms with Crippen LogP contribution in [0.4, 0.5) is 0 Å². The van der Waals surface area contributed by atoms with Crippen LogP contribution < -0.4 is 0 Å². The van der Waals surface area contributed by atoms with Crippen LogP contribution in [-0.4, -0.2) is 63.6 Å². The fraction of sp³-hybridized carbons (Fsp3) is 0.455. The zero-order valence-corrected chi connectivity index (χ0v) is 15.4. The lowest BCUT2D eigenvalue weighted by Gasteiger charge is -2.71. The summed E-state index contributed by atoms with van der Waals surface area (Å²) >= 11 is 0. The maximum absolute atomic E-state index is 12.8. The quantitative estimate of drug-likeness (QED) is 0.884. The molecule has 1 saturated carbocycles. The van der Waals surface area contributed by atoms with Crippen molar-refractivity contribution >= 4 is 5.91 Å². The van der Waals surface area contributed by atoms with E-state index < -0.39 is 0 Å². The fourth-order valence-corrected chi connectivity index (χ4v) is 5.07. The van der Waals surface area contributed by atoms with E-state index in [-0.39, 0.29) is 30.0 Å². The van der Waals surface area contributed by atoms with Crippen molar-refractivity contribution in [1.82, 2.24) is 14.8 Å². The second-order valence-corrected chi connectivity index (χ2v) is 8.23. The number of aliphatic hydroxyl groups excluding tert-OH is 1. The fourth-order valence-electron chi connectivity index (χ4n) is 5.07. The van der Waals surface area contributed by atoms with E-state index in [9.17, 15) is 9.90 Å². The van der Waals surface area contributed by atoms with E-state index in [2.05, 4.69) is 34.1 Å². The molecule has 2 aromatic rings. The Morgan fingerprint density at radius 3 is 2.44 bits per heavy atom. The van der Waals surface area contributed by atoms with Crippen molar-refractivity contribution in [3.8, 4) is 0 Å². The van der Waals surface area contributed by atoms with Gasteiger partial charge >= 0.3 is 0 Å². The third-order valence-corrected chi connectivity index (χ3v) is 6.58. The second kappa shape index (κ2) is 6.43. The molecule has 3 fully saturated rings. The first-order valence-corrected chi connectivity index (χ1v) is 9.85. The lowest BCUT2D eigenvalue weighted by Crippen LogP contribution is -2.85. The topological polar surface area (TPSA) is 56.7 Å². The Morgan fingerprint density at radius 1 is 1.11 bits per heavy atom. The summed E-state index contributed by atoms with van der Waals surface area (Å²) < 4.78 is 0. The molecule has 2 saturated heterocycles. The summed E-state index contributed by atoms with van der Waals surface area (Å²) in [4.78, 5) is 21.3. The van der Waals surface area contributed by atoms with Gasteiger partial charge in [-0.3, -0.25) is 14.7 Å². The number of nitrogens with zero attached hydrogens (tertiary/aromatic N) is 3. The first-order chi connectivity index (χ1) is 13.2. The molecule has 27 heavy (non-hydrogen) atoms. The van der Waals surface area contributed by atoms with Gasteiger partial charge in [0.2, 0.25) is 0 Å². The van der Waals surface area contributed by atoms with Gasteiger partial charge in [0.25, 0.3) is 5.91 Å². The molecule has 0 bridgehead atoms. The van der Waals surface area contributed by atoms with Crippen LogP contribution in [0.3, 0.4) is 0 Å². The van der Waals surface area contributed by atoms with Gasteiger partial charge in [-0.1, -0.05) is 30.3 Å². The van der Waals surface area contributed by atoms with Crippen LogP contribution in [0.25, 0.3) is 0 Å². The molecular formula is C22H25N3O2. The minimum Gasteiger partial charge on any atom is -0.395 e. The van der Waals surface area contributed by atoms with Crippen molar-refractivity contribution in [1.29, 1.82) is 0 Å². The Balaban J connectivity index is 1.40. The van der Waals surface area contributed by atoms with Crippen molar-refractivity contribution in [2.75, 3.05) is 26.2 Å². The Bertz CT molecular complexity index is 816. The highest BCUT2D eigenvalue weighted by atomic mass is 16.3. The summed E-state index contributed by atoms with van der Waals surface area (Å²) in [6, 6.07) is 14.2. The summed E-state index contributed by atoms with van der Waals surface area (Å²) in [6.07, 6.45) is 5.92. The molecule has 0 radical (unpaired) electrons. The van der Waals surface area contributed by atoms with Crippen molar-refractivity contribution in [3.63, 3.8) is 0 Å². The maximum Gasteiger partial charge on any atom is 0.254 e. The normalized spacial score (nSPS) is 26.5. The molecule has 5 rings (SSSR count). The number of hydrogen-bond donors (Lipinski definition) is 1. The molecule has 2 aliphatic heterocycles. The molecule has 2 atom stereocenters. The van der Waals surface area contributed by atoms with E-state index >= 15 is 0 Å². The first kappa shape index (κ1) is 16.9. The lowest BCUT2D eigenvalue weighted by molar-refractivity contribution is -0.180. The highest BCUT2D eigenvalue weighted by Crippen LogP contribution is 2.55. The predicted molar refractivity (Wildman–Crippen MR) is 102 cm³/mol. The second-order valence-electron chi connectivity index (χ2n) is 8.23. The SMILES string of the molecule is O=C(c1ccncc1)N1CC2(C1)[C@H](c1ccccc1)[C@H](CO)N2CC1CC1. The first-order valence-electron chi connectivity index (χ1n) is 9.85. The number of hydrogen-bond acceptors (Lipinski definition) is 4. The van der Waals surface area contributed by atoms with E-state index in [1.807, 2.05) is 11.0 Å². The standard InChI is InChI=1S/C22H25N3O2/c26-13-19-20(17-4-2-1-3-5-17)22(25(19)12-16-6-7-16)14-24(15-22)21(27)18-8-10-23-11-9-18/h1-5,8-11,16,19-20,26H,6-7,12-15H2/t19-,20+/m0/s1. The Kier molecular flexibility index (Phi) is 4.02. The molecule has 1 spiro atoms. The Morgan fingerprint density at radius 2 is 1.81 bits per heavy atom. The molecule has 3 heterocycles. The minimum atomic E-state index is -0.0277. The smallest absolute Gasteiger partial charge is 0.254 e. The van der Waals surface area contributed by atoms with Crippen LogP contribution >= 0.6 is 0 Å². The molecule has 5 heteroatoms. The average molecular weight is 363 g/mol. The van der Waals surface area contributed by atoms with Crippen LogP contribution in [0.5, 0.6) is 0 Å². The van der Waals surface area contributed by atoms with Crippen LogP contribution in [0.1, 0.15) is 34.7 Å².